The van der Waals surface area contributed by atoms with Crippen molar-refractivity contribution in [3.63, 3.8) is 0 Å². The van der Waals surface area contributed by atoms with Gasteiger partial charge in [0, 0.05) is 26.4 Å². The zero-order valence-electron chi connectivity index (χ0n) is 9.89. The van der Waals surface area contributed by atoms with Crippen molar-refractivity contribution in [1.29, 1.82) is 0 Å². The summed E-state index contributed by atoms with van der Waals surface area (Å²) >= 11 is 0. The van der Waals surface area contributed by atoms with Crippen molar-refractivity contribution in [1.82, 2.24) is 4.98 Å². The number of hydrogen-bond donors (Lipinski definition) is 1. The summed E-state index contributed by atoms with van der Waals surface area (Å²) in [4.78, 5) is 6.61. The minimum Gasteiger partial charge on any atom is -0.376 e. The third kappa shape index (κ3) is 2.18. The van der Waals surface area contributed by atoms with Gasteiger partial charge in [0.15, 0.2) is 0 Å². The van der Waals surface area contributed by atoms with Crippen LogP contribution in [-0.2, 0) is 11.3 Å². The van der Waals surface area contributed by atoms with E-state index in [-0.39, 0.29) is 6.10 Å². The van der Waals surface area contributed by atoms with Crippen LogP contribution in [0, 0.1) is 0 Å². The van der Waals surface area contributed by atoms with Gasteiger partial charge >= 0.3 is 0 Å². The predicted molar refractivity (Wildman–Crippen MR) is 64.4 cm³/mol. The van der Waals surface area contributed by atoms with Crippen molar-refractivity contribution >= 4 is 5.82 Å². The van der Waals surface area contributed by atoms with Crippen LogP contribution in [0.15, 0.2) is 18.3 Å². The number of anilines is 1. The molecule has 4 nitrogen and oxygen atoms in total. The molecule has 1 aliphatic heterocycles. The fourth-order valence-electron chi connectivity index (χ4n) is 2.14. The fraction of sp³-hybridized carbons (Fsp3) is 0.583. The van der Waals surface area contributed by atoms with Crippen molar-refractivity contribution in [3.05, 3.63) is 23.9 Å². The minimum absolute atomic E-state index is 0.279. The maximum absolute atomic E-state index is 5.56. The molecule has 1 saturated heterocycles. The topological polar surface area (TPSA) is 51.4 Å². The number of aromatic nitrogens is 1. The summed E-state index contributed by atoms with van der Waals surface area (Å²) in [5.41, 5.74) is 6.61. The van der Waals surface area contributed by atoms with E-state index in [0.717, 1.165) is 24.4 Å². The molecular weight excluding hydrogens is 202 g/mol. The minimum atomic E-state index is 0.279. The standard InChI is InChI=1S/C12H19N3O/c1-9-11(5-6-16-9)15(2)12-4-3-10(7-13)8-14-12/h3-4,8-9,11H,5-7,13H2,1-2H3. The van der Waals surface area contributed by atoms with Crippen molar-refractivity contribution in [3.8, 4) is 0 Å². The first-order valence-electron chi connectivity index (χ1n) is 5.72. The van der Waals surface area contributed by atoms with Gasteiger partial charge in [-0.3, -0.25) is 0 Å². The second-order valence-electron chi connectivity index (χ2n) is 4.27. The molecule has 1 aromatic heterocycles. The van der Waals surface area contributed by atoms with Crippen molar-refractivity contribution < 1.29 is 4.74 Å². The quantitative estimate of drug-likeness (QED) is 0.832. The number of likely N-dealkylation sites (N-methyl/N-ethyl adjacent to an activating group) is 1. The number of rotatable bonds is 3. The fourth-order valence-corrected chi connectivity index (χ4v) is 2.14. The highest BCUT2D eigenvalue weighted by Gasteiger charge is 2.28. The normalized spacial score (nSPS) is 24.7. The van der Waals surface area contributed by atoms with E-state index in [4.69, 9.17) is 10.5 Å². The average molecular weight is 221 g/mol. The molecule has 2 rings (SSSR count). The molecule has 0 aromatic carbocycles. The zero-order chi connectivity index (χ0) is 11.5. The smallest absolute Gasteiger partial charge is 0.128 e. The Balaban J connectivity index is 2.10. The molecule has 2 N–H and O–H groups in total. The summed E-state index contributed by atoms with van der Waals surface area (Å²) in [6.45, 7) is 3.50. The SMILES string of the molecule is CC1OCCC1N(C)c1ccc(CN)cn1. The maximum Gasteiger partial charge on any atom is 0.128 e. The molecule has 88 valence electrons. The molecule has 0 radical (unpaired) electrons. The Hall–Kier alpha value is -1.13. The van der Waals surface area contributed by atoms with E-state index in [2.05, 4.69) is 23.9 Å². The number of nitrogens with zero attached hydrogens (tertiary/aromatic N) is 2. The molecule has 4 heteroatoms. The second-order valence-corrected chi connectivity index (χ2v) is 4.27. The first-order valence-corrected chi connectivity index (χ1v) is 5.72. The van der Waals surface area contributed by atoms with Gasteiger partial charge in [-0.15, -0.1) is 0 Å². The molecule has 2 heterocycles. The summed E-state index contributed by atoms with van der Waals surface area (Å²) < 4.78 is 5.56. The van der Waals surface area contributed by atoms with E-state index in [1.807, 2.05) is 18.3 Å². The Morgan fingerprint density at radius 1 is 1.56 bits per heavy atom. The monoisotopic (exact) mass is 221 g/mol. The van der Waals surface area contributed by atoms with Crippen LogP contribution in [0.3, 0.4) is 0 Å². The lowest BCUT2D eigenvalue weighted by Gasteiger charge is -2.27. The molecule has 1 fully saturated rings. The van der Waals surface area contributed by atoms with Gasteiger partial charge in [-0.1, -0.05) is 6.07 Å². The van der Waals surface area contributed by atoms with E-state index in [1.54, 1.807) is 0 Å². The lowest BCUT2D eigenvalue weighted by Crippen LogP contribution is -2.37. The first kappa shape index (κ1) is 11.4. The summed E-state index contributed by atoms with van der Waals surface area (Å²) in [5.74, 6) is 0.986. The lowest BCUT2D eigenvalue weighted by atomic mass is 10.1. The Morgan fingerprint density at radius 3 is 2.88 bits per heavy atom. The van der Waals surface area contributed by atoms with Gasteiger partial charge in [-0.25, -0.2) is 4.98 Å². The van der Waals surface area contributed by atoms with E-state index in [9.17, 15) is 0 Å². The molecule has 0 amide bonds. The van der Waals surface area contributed by atoms with Gasteiger partial charge in [0.2, 0.25) is 0 Å². The van der Waals surface area contributed by atoms with Crippen LogP contribution in [0.4, 0.5) is 5.82 Å². The van der Waals surface area contributed by atoms with Crippen molar-refractivity contribution in [2.24, 2.45) is 5.73 Å². The highest BCUT2D eigenvalue weighted by molar-refractivity contribution is 5.40. The van der Waals surface area contributed by atoms with Gasteiger partial charge in [-0.05, 0) is 25.0 Å². The molecule has 1 aliphatic rings. The Kier molecular flexibility index (Phi) is 3.41. The summed E-state index contributed by atoms with van der Waals surface area (Å²) in [5, 5.41) is 0. The van der Waals surface area contributed by atoms with Gasteiger partial charge < -0.3 is 15.4 Å². The molecule has 0 spiro atoms. The molecule has 0 bridgehead atoms. The van der Waals surface area contributed by atoms with E-state index in [1.165, 1.54) is 0 Å². The largest absolute Gasteiger partial charge is 0.376 e. The van der Waals surface area contributed by atoms with Gasteiger partial charge in [0.1, 0.15) is 5.82 Å². The maximum atomic E-state index is 5.56. The Bertz CT molecular complexity index is 339. The van der Waals surface area contributed by atoms with Gasteiger partial charge in [-0.2, -0.15) is 0 Å². The van der Waals surface area contributed by atoms with Crippen LogP contribution < -0.4 is 10.6 Å². The Morgan fingerprint density at radius 2 is 2.38 bits per heavy atom. The molecule has 2 unspecified atom stereocenters. The van der Waals surface area contributed by atoms with Crippen LogP contribution >= 0.6 is 0 Å². The third-order valence-corrected chi connectivity index (χ3v) is 3.24. The zero-order valence-corrected chi connectivity index (χ0v) is 9.89. The average Bonchev–Trinajstić information content (AvgIpc) is 2.75. The molecule has 1 aromatic rings. The number of hydrogen-bond acceptors (Lipinski definition) is 4. The van der Waals surface area contributed by atoms with Gasteiger partial charge in [0.05, 0.1) is 12.1 Å². The Labute approximate surface area is 96.4 Å². The number of ether oxygens (including phenoxy) is 1. The van der Waals surface area contributed by atoms with Gasteiger partial charge in [0.25, 0.3) is 0 Å². The number of pyridine rings is 1. The van der Waals surface area contributed by atoms with E-state index < -0.39 is 0 Å². The third-order valence-electron chi connectivity index (χ3n) is 3.24. The molecule has 0 saturated carbocycles. The van der Waals surface area contributed by atoms with Crippen LogP contribution in [-0.4, -0.2) is 30.8 Å². The first-order chi connectivity index (χ1) is 7.72. The summed E-state index contributed by atoms with van der Waals surface area (Å²) in [6, 6.07) is 4.48. The van der Waals surface area contributed by atoms with Crippen LogP contribution in [0.5, 0.6) is 0 Å². The molecule has 16 heavy (non-hydrogen) atoms. The lowest BCUT2D eigenvalue weighted by molar-refractivity contribution is 0.118. The highest BCUT2D eigenvalue weighted by Crippen LogP contribution is 2.22. The second kappa shape index (κ2) is 4.80. The molecule has 0 aliphatic carbocycles. The highest BCUT2D eigenvalue weighted by atomic mass is 16.5. The van der Waals surface area contributed by atoms with Crippen LogP contribution in [0.25, 0.3) is 0 Å². The number of nitrogens with two attached hydrogens (primary N) is 1. The van der Waals surface area contributed by atoms with Crippen LogP contribution in [0.2, 0.25) is 0 Å². The van der Waals surface area contributed by atoms with Crippen LogP contribution in [0.1, 0.15) is 18.9 Å². The molecule has 2 atom stereocenters. The van der Waals surface area contributed by atoms with Crippen molar-refractivity contribution in [2.75, 3.05) is 18.6 Å². The summed E-state index contributed by atoms with van der Waals surface area (Å²) in [6.07, 6.45) is 3.19. The predicted octanol–water partition coefficient (Wildman–Crippen LogP) is 1.15. The molecular formula is C12H19N3O. The summed E-state index contributed by atoms with van der Waals surface area (Å²) in [7, 11) is 2.07. The van der Waals surface area contributed by atoms with E-state index in [0.29, 0.717) is 12.6 Å². The van der Waals surface area contributed by atoms with Crippen molar-refractivity contribution in [2.45, 2.75) is 32.0 Å². The van der Waals surface area contributed by atoms with E-state index >= 15 is 0 Å².